The van der Waals surface area contributed by atoms with E-state index in [0.717, 1.165) is 11.3 Å². The van der Waals surface area contributed by atoms with Gasteiger partial charge in [0.2, 0.25) is 0 Å². The van der Waals surface area contributed by atoms with E-state index in [0.29, 0.717) is 5.56 Å². The number of methoxy groups -OCH3 is 1. The number of Topliss-reactive ketones (excluding diaryl/α,β-unsaturated/α-hetero) is 1. The van der Waals surface area contributed by atoms with Gasteiger partial charge in [0.15, 0.2) is 5.78 Å². The molecule has 20 heavy (non-hydrogen) atoms. The van der Waals surface area contributed by atoms with Gasteiger partial charge < -0.3 is 4.74 Å². The van der Waals surface area contributed by atoms with Gasteiger partial charge in [-0.2, -0.15) is 0 Å². The molecule has 0 N–H and O–H groups in total. The van der Waals surface area contributed by atoms with E-state index in [1.165, 1.54) is 18.2 Å². The minimum atomic E-state index is -0.510. The summed E-state index contributed by atoms with van der Waals surface area (Å²) in [6.45, 7) is 0. The van der Waals surface area contributed by atoms with Crippen LogP contribution in [0.4, 0.5) is 5.69 Å². The molecule has 0 aromatic heterocycles. The molecular formula is C15H13NO4. The maximum atomic E-state index is 12.1. The lowest BCUT2D eigenvalue weighted by Gasteiger charge is -2.03. The van der Waals surface area contributed by atoms with Crippen molar-refractivity contribution in [1.29, 1.82) is 0 Å². The van der Waals surface area contributed by atoms with Gasteiger partial charge in [-0.3, -0.25) is 14.9 Å². The molecule has 5 nitrogen and oxygen atoms in total. The van der Waals surface area contributed by atoms with Crippen LogP contribution in [0.15, 0.2) is 48.5 Å². The third kappa shape index (κ3) is 3.20. The van der Waals surface area contributed by atoms with Crippen LogP contribution in [-0.4, -0.2) is 17.8 Å². The predicted molar refractivity (Wildman–Crippen MR) is 74.1 cm³/mol. The summed E-state index contributed by atoms with van der Waals surface area (Å²) in [5, 5.41) is 10.7. The molecule has 5 heteroatoms. The lowest BCUT2D eigenvalue weighted by atomic mass is 10.0. The Kier molecular flexibility index (Phi) is 4.10. The zero-order valence-corrected chi connectivity index (χ0v) is 10.9. The van der Waals surface area contributed by atoms with Crippen LogP contribution in [-0.2, 0) is 6.42 Å². The molecule has 0 saturated heterocycles. The van der Waals surface area contributed by atoms with Crippen LogP contribution < -0.4 is 4.74 Å². The van der Waals surface area contributed by atoms with Crippen molar-refractivity contribution < 1.29 is 14.5 Å². The second kappa shape index (κ2) is 5.97. The van der Waals surface area contributed by atoms with Gasteiger partial charge >= 0.3 is 0 Å². The monoisotopic (exact) mass is 271 g/mol. The van der Waals surface area contributed by atoms with E-state index in [1.54, 1.807) is 37.4 Å². The highest BCUT2D eigenvalue weighted by molar-refractivity contribution is 5.98. The topological polar surface area (TPSA) is 69.4 Å². The number of nitro groups is 1. The second-order valence-electron chi connectivity index (χ2n) is 4.26. The quantitative estimate of drug-likeness (QED) is 0.476. The molecule has 0 bridgehead atoms. The third-order valence-corrected chi connectivity index (χ3v) is 2.90. The molecule has 0 heterocycles. The number of rotatable bonds is 5. The summed E-state index contributed by atoms with van der Waals surface area (Å²) in [4.78, 5) is 22.3. The molecule has 0 aliphatic rings. The van der Waals surface area contributed by atoms with Crippen LogP contribution in [0.25, 0.3) is 0 Å². The van der Waals surface area contributed by atoms with Gasteiger partial charge in [0.25, 0.3) is 5.69 Å². The largest absolute Gasteiger partial charge is 0.497 e. The lowest BCUT2D eigenvalue weighted by Crippen LogP contribution is -2.04. The first-order valence-electron chi connectivity index (χ1n) is 6.01. The van der Waals surface area contributed by atoms with E-state index in [4.69, 9.17) is 4.74 Å². The van der Waals surface area contributed by atoms with Gasteiger partial charge in [-0.15, -0.1) is 0 Å². The van der Waals surface area contributed by atoms with Gasteiger partial charge in [-0.05, 0) is 17.7 Å². The lowest BCUT2D eigenvalue weighted by molar-refractivity contribution is -0.384. The first-order chi connectivity index (χ1) is 9.60. The maximum Gasteiger partial charge on any atom is 0.270 e. The Hall–Kier alpha value is -2.69. The zero-order chi connectivity index (χ0) is 14.5. The Bertz CT molecular complexity index is 635. The van der Waals surface area contributed by atoms with Crippen molar-refractivity contribution >= 4 is 11.5 Å². The Balaban J connectivity index is 2.14. The zero-order valence-electron chi connectivity index (χ0n) is 10.9. The maximum absolute atomic E-state index is 12.1. The fourth-order valence-corrected chi connectivity index (χ4v) is 1.82. The summed E-state index contributed by atoms with van der Waals surface area (Å²) in [7, 11) is 1.57. The molecule has 0 saturated carbocycles. The highest BCUT2D eigenvalue weighted by Gasteiger charge is 2.12. The second-order valence-corrected chi connectivity index (χ2v) is 4.26. The van der Waals surface area contributed by atoms with Crippen molar-refractivity contribution in [3.05, 3.63) is 69.8 Å². The van der Waals surface area contributed by atoms with E-state index in [1.807, 2.05) is 0 Å². The average Bonchev–Trinajstić information content (AvgIpc) is 2.48. The van der Waals surface area contributed by atoms with Crippen molar-refractivity contribution in [2.75, 3.05) is 7.11 Å². The number of hydrogen-bond donors (Lipinski definition) is 0. The summed E-state index contributed by atoms with van der Waals surface area (Å²) < 4.78 is 5.04. The van der Waals surface area contributed by atoms with Gasteiger partial charge in [-0.1, -0.05) is 24.3 Å². The molecule has 0 spiro atoms. The SMILES string of the molecule is COc1ccc(CC(=O)c2cccc([N+](=O)[O-])c2)cc1. The number of hydrogen-bond acceptors (Lipinski definition) is 4. The van der Waals surface area contributed by atoms with E-state index in [9.17, 15) is 14.9 Å². The highest BCUT2D eigenvalue weighted by atomic mass is 16.6. The standard InChI is InChI=1S/C15H13NO4/c1-20-14-7-5-11(6-8-14)9-15(17)12-3-2-4-13(10-12)16(18)19/h2-8,10H,9H2,1H3. The molecule has 2 rings (SSSR count). The predicted octanol–water partition coefficient (Wildman–Crippen LogP) is 3.03. The first-order valence-corrected chi connectivity index (χ1v) is 6.01. The number of benzene rings is 2. The molecule has 2 aromatic rings. The smallest absolute Gasteiger partial charge is 0.270 e. The number of carbonyl (C=O) groups excluding carboxylic acids is 1. The van der Waals surface area contributed by atoms with Crippen LogP contribution in [0, 0.1) is 10.1 Å². The van der Waals surface area contributed by atoms with Gasteiger partial charge in [0.05, 0.1) is 12.0 Å². The van der Waals surface area contributed by atoms with Crippen molar-refractivity contribution in [2.24, 2.45) is 0 Å². The third-order valence-electron chi connectivity index (χ3n) is 2.90. The minimum Gasteiger partial charge on any atom is -0.497 e. The summed E-state index contributed by atoms with van der Waals surface area (Å²) >= 11 is 0. The Morgan fingerprint density at radius 3 is 2.50 bits per heavy atom. The van der Waals surface area contributed by atoms with E-state index >= 15 is 0 Å². The minimum absolute atomic E-state index is 0.0782. The summed E-state index contributed by atoms with van der Waals surface area (Å²) in [6, 6.07) is 12.9. The number of nitro benzene ring substituents is 1. The number of ketones is 1. The fraction of sp³-hybridized carbons (Fsp3) is 0.133. The molecule has 0 amide bonds. The van der Waals surface area contributed by atoms with E-state index in [-0.39, 0.29) is 17.9 Å². The van der Waals surface area contributed by atoms with E-state index in [2.05, 4.69) is 0 Å². The van der Waals surface area contributed by atoms with Crippen LogP contribution in [0.3, 0.4) is 0 Å². The van der Waals surface area contributed by atoms with Crippen molar-refractivity contribution in [3.63, 3.8) is 0 Å². The van der Waals surface area contributed by atoms with Crippen molar-refractivity contribution in [2.45, 2.75) is 6.42 Å². The number of carbonyl (C=O) groups is 1. The summed E-state index contributed by atoms with van der Waals surface area (Å²) in [5.74, 6) is 0.565. The Morgan fingerprint density at radius 1 is 1.20 bits per heavy atom. The Labute approximate surface area is 116 Å². The molecule has 0 unspecified atom stereocenters. The molecule has 0 fully saturated rings. The van der Waals surface area contributed by atoms with Crippen LogP contribution >= 0.6 is 0 Å². The number of non-ortho nitro benzene ring substituents is 1. The van der Waals surface area contributed by atoms with Gasteiger partial charge in [0, 0.05) is 24.1 Å². The Morgan fingerprint density at radius 2 is 1.90 bits per heavy atom. The summed E-state index contributed by atoms with van der Waals surface area (Å²) in [6.07, 6.45) is 0.200. The van der Waals surface area contributed by atoms with Crippen molar-refractivity contribution in [3.8, 4) is 5.75 Å². The number of nitrogens with zero attached hydrogens (tertiary/aromatic N) is 1. The molecule has 0 atom stereocenters. The average molecular weight is 271 g/mol. The highest BCUT2D eigenvalue weighted by Crippen LogP contribution is 2.17. The van der Waals surface area contributed by atoms with Gasteiger partial charge in [0.1, 0.15) is 5.75 Å². The van der Waals surface area contributed by atoms with Gasteiger partial charge in [-0.25, -0.2) is 0 Å². The first kappa shape index (κ1) is 13.7. The van der Waals surface area contributed by atoms with Crippen molar-refractivity contribution in [1.82, 2.24) is 0 Å². The van der Waals surface area contributed by atoms with Crippen LogP contribution in [0.5, 0.6) is 5.75 Å². The van der Waals surface area contributed by atoms with Crippen LogP contribution in [0.1, 0.15) is 15.9 Å². The summed E-state index contributed by atoms with van der Waals surface area (Å²) in [5.41, 5.74) is 1.10. The normalized spacial score (nSPS) is 10.1. The molecule has 0 radical (unpaired) electrons. The van der Waals surface area contributed by atoms with Crippen LogP contribution in [0.2, 0.25) is 0 Å². The molecule has 102 valence electrons. The molecule has 0 aliphatic heterocycles. The molecule has 0 aliphatic carbocycles. The fourth-order valence-electron chi connectivity index (χ4n) is 1.82. The molecule has 2 aromatic carbocycles. The van der Waals surface area contributed by atoms with E-state index < -0.39 is 4.92 Å². The molecular weight excluding hydrogens is 258 g/mol. The number of ether oxygens (including phenoxy) is 1.